The van der Waals surface area contributed by atoms with Gasteiger partial charge >= 0.3 is 0 Å². The van der Waals surface area contributed by atoms with E-state index in [1.807, 2.05) is 29.2 Å². The van der Waals surface area contributed by atoms with Gasteiger partial charge in [-0.3, -0.25) is 14.7 Å². The highest BCUT2D eigenvalue weighted by atomic mass is 79.9. The Kier molecular flexibility index (Phi) is 6.98. The molecule has 0 spiro atoms. The molecule has 166 valence electrons. The summed E-state index contributed by atoms with van der Waals surface area (Å²) in [4.78, 5) is 20.0. The predicted octanol–water partition coefficient (Wildman–Crippen LogP) is 3.31. The number of nitrogens with zero attached hydrogens (tertiary/aromatic N) is 2. The van der Waals surface area contributed by atoms with Crippen molar-refractivity contribution in [2.45, 2.75) is 0 Å². The average molecular weight is 563 g/mol. The maximum absolute atomic E-state index is 12.5. The van der Waals surface area contributed by atoms with E-state index >= 15 is 0 Å². The van der Waals surface area contributed by atoms with Gasteiger partial charge in [0.15, 0.2) is 5.76 Å². The maximum atomic E-state index is 12.5. The first-order valence-corrected chi connectivity index (χ1v) is 11.6. The number of furan rings is 1. The van der Waals surface area contributed by atoms with Crippen molar-refractivity contribution in [3.05, 3.63) is 69.0 Å². The number of nitrogens with one attached hydrogen (secondary N) is 1. The molecule has 1 amide bonds. The van der Waals surface area contributed by atoms with E-state index in [1.54, 1.807) is 24.4 Å². The van der Waals surface area contributed by atoms with Gasteiger partial charge in [-0.15, -0.1) is 0 Å². The summed E-state index contributed by atoms with van der Waals surface area (Å²) in [5, 5.41) is 12.5. The van der Waals surface area contributed by atoms with Gasteiger partial charge in [-0.05, 0) is 62.2 Å². The largest absolute Gasteiger partial charge is 0.869 e. The summed E-state index contributed by atoms with van der Waals surface area (Å²) in [5.41, 5.74) is 2.30. The molecule has 0 radical (unpaired) electrons. The van der Waals surface area contributed by atoms with Crippen molar-refractivity contribution < 1.29 is 24.0 Å². The second-order valence-corrected chi connectivity index (χ2v) is 8.94. The highest BCUT2D eigenvalue weighted by Crippen LogP contribution is 2.38. The van der Waals surface area contributed by atoms with E-state index in [9.17, 15) is 9.90 Å². The standard InChI is InChI=1S/C23H21Br2N3O4/c1-31-20-13-18(24)21(25)17(22(20)29)14-26-15-4-6-16(7-5-15)27-8-10-28(11-9-27)23(30)19-3-2-12-32-19/h2-7,12-14,29H,8-11H2,1H3. The van der Waals surface area contributed by atoms with E-state index in [1.165, 1.54) is 18.3 Å². The monoisotopic (exact) mass is 561 g/mol. The number of amides is 1. The average Bonchev–Trinajstić information content (AvgIpc) is 3.36. The quantitative estimate of drug-likeness (QED) is 0.484. The number of rotatable bonds is 5. The lowest BCUT2D eigenvalue weighted by Gasteiger charge is -2.31. The van der Waals surface area contributed by atoms with E-state index in [0.29, 0.717) is 28.9 Å². The molecule has 0 bridgehead atoms. The minimum Gasteiger partial charge on any atom is -0.869 e. The second-order valence-electron chi connectivity index (χ2n) is 7.30. The van der Waals surface area contributed by atoms with Crippen LogP contribution in [0.4, 0.5) is 11.4 Å². The third-order valence-electron chi connectivity index (χ3n) is 5.40. The molecule has 3 aromatic rings. The summed E-state index contributed by atoms with van der Waals surface area (Å²) in [6.45, 7) is 2.97. The van der Waals surface area contributed by atoms with E-state index in [2.05, 4.69) is 36.9 Å². The molecule has 2 heterocycles. The fourth-order valence-corrected chi connectivity index (χ4v) is 4.44. The first-order chi connectivity index (χ1) is 15.5. The molecule has 7 nitrogen and oxygen atoms in total. The number of hydrogen-bond donors (Lipinski definition) is 1. The SMILES string of the molecule is COc1cc(Br)c(Br)c(C=Nc2ccc([NH+]3CCN(C(=O)c4ccco4)CC3)cc2)c1[O-]. The van der Waals surface area contributed by atoms with Crippen LogP contribution in [0.3, 0.4) is 0 Å². The Hall–Kier alpha value is -2.62. The Balaban J connectivity index is 1.41. The predicted molar refractivity (Wildman–Crippen MR) is 127 cm³/mol. The normalized spacial score (nSPS) is 14.8. The van der Waals surface area contributed by atoms with Gasteiger partial charge < -0.3 is 19.2 Å². The summed E-state index contributed by atoms with van der Waals surface area (Å²) in [5.74, 6) is 0.345. The molecule has 0 aliphatic carbocycles. The van der Waals surface area contributed by atoms with Crippen molar-refractivity contribution in [2.24, 2.45) is 4.99 Å². The number of piperazine rings is 1. The zero-order valence-electron chi connectivity index (χ0n) is 17.3. The second kappa shape index (κ2) is 9.89. The lowest BCUT2D eigenvalue weighted by atomic mass is 10.2. The molecular weight excluding hydrogens is 542 g/mol. The number of carbonyl (C=O) groups excluding carboxylic acids is 1. The van der Waals surface area contributed by atoms with E-state index in [-0.39, 0.29) is 17.4 Å². The summed E-state index contributed by atoms with van der Waals surface area (Å²) < 4.78 is 11.7. The number of quaternary nitrogens is 1. The van der Waals surface area contributed by atoms with E-state index in [4.69, 9.17) is 9.15 Å². The first-order valence-electron chi connectivity index (χ1n) is 10.0. The highest BCUT2D eigenvalue weighted by Gasteiger charge is 2.26. The van der Waals surface area contributed by atoms with Crippen LogP contribution in [0.2, 0.25) is 0 Å². The molecule has 0 atom stereocenters. The maximum Gasteiger partial charge on any atom is 0.289 e. The van der Waals surface area contributed by atoms with Gasteiger partial charge in [-0.1, -0.05) is 5.75 Å². The van der Waals surface area contributed by atoms with Crippen LogP contribution in [0, 0.1) is 0 Å². The van der Waals surface area contributed by atoms with Gasteiger partial charge in [0.1, 0.15) is 11.4 Å². The van der Waals surface area contributed by atoms with Gasteiger partial charge in [0.2, 0.25) is 0 Å². The van der Waals surface area contributed by atoms with Crippen LogP contribution < -0.4 is 14.7 Å². The number of ether oxygens (including phenoxy) is 1. The fraction of sp³-hybridized carbons (Fsp3) is 0.217. The van der Waals surface area contributed by atoms with Crippen LogP contribution in [0.15, 0.2) is 67.1 Å². The van der Waals surface area contributed by atoms with Gasteiger partial charge in [0.25, 0.3) is 5.91 Å². The fourth-order valence-electron chi connectivity index (χ4n) is 3.62. The molecule has 1 aromatic heterocycles. The minimum absolute atomic E-state index is 0.0631. The van der Waals surface area contributed by atoms with Crippen molar-refractivity contribution in [1.82, 2.24) is 4.90 Å². The molecule has 1 saturated heterocycles. The summed E-state index contributed by atoms with van der Waals surface area (Å²) in [7, 11) is 1.46. The molecule has 0 unspecified atom stereocenters. The zero-order valence-corrected chi connectivity index (χ0v) is 20.5. The number of carbonyl (C=O) groups is 1. The molecule has 9 heteroatoms. The Morgan fingerprint density at radius 2 is 1.94 bits per heavy atom. The number of aliphatic imine (C=N–C) groups is 1. The third kappa shape index (κ3) is 4.74. The number of hydrogen-bond acceptors (Lipinski definition) is 5. The van der Waals surface area contributed by atoms with Gasteiger partial charge in [0, 0.05) is 32.9 Å². The van der Waals surface area contributed by atoms with Crippen LogP contribution in [0.5, 0.6) is 11.5 Å². The lowest BCUT2D eigenvalue weighted by Crippen LogP contribution is -3.10. The molecule has 1 aliphatic rings. The molecule has 32 heavy (non-hydrogen) atoms. The van der Waals surface area contributed by atoms with Crippen LogP contribution in [-0.2, 0) is 0 Å². The Labute approximate surface area is 202 Å². The lowest BCUT2D eigenvalue weighted by molar-refractivity contribution is -0.837. The topological polar surface area (TPSA) is 82.5 Å². The van der Waals surface area contributed by atoms with Crippen molar-refractivity contribution >= 4 is 55.4 Å². The molecule has 1 aliphatic heterocycles. The van der Waals surface area contributed by atoms with Crippen molar-refractivity contribution in [1.29, 1.82) is 0 Å². The molecule has 2 aromatic carbocycles. The molecule has 4 rings (SSSR count). The van der Waals surface area contributed by atoms with Crippen LogP contribution in [0.25, 0.3) is 0 Å². The molecular formula is C23H21Br2N3O4. The number of benzene rings is 2. The van der Waals surface area contributed by atoms with Gasteiger partial charge in [0.05, 0.1) is 45.2 Å². The number of methoxy groups -OCH3 is 1. The highest BCUT2D eigenvalue weighted by molar-refractivity contribution is 9.13. The summed E-state index contributed by atoms with van der Waals surface area (Å²) >= 11 is 6.84. The Bertz CT molecular complexity index is 1120. The third-order valence-corrected chi connectivity index (χ3v) is 7.41. The van der Waals surface area contributed by atoms with E-state index in [0.717, 1.165) is 28.9 Å². The van der Waals surface area contributed by atoms with Crippen LogP contribution in [0.1, 0.15) is 16.1 Å². The first kappa shape index (κ1) is 22.6. The van der Waals surface area contributed by atoms with Crippen LogP contribution in [-0.4, -0.2) is 50.3 Å². The molecule has 0 saturated carbocycles. The summed E-state index contributed by atoms with van der Waals surface area (Å²) in [6.07, 6.45) is 3.06. The smallest absolute Gasteiger partial charge is 0.289 e. The van der Waals surface area contributed by atoms with Gasteiger partial charge in [-0.2, -0.15) is 0 Å². The Morgan fingerprint density at radius 3 is 2.56 bits per heavy atom. The zero-order chi connectivity index (χ0) is 22.7. The van der Waals surface area contributed by atoms with E-state index < -0.39 is 0 Å². The minimum atomic E-state index is -0.227. The summed E-state index contributed by atoms with van der Waals surface area (Å²) in [6, 6.07) is 13.0. The van der Waals surface area contributed by atoms with Crippen molar-refractivity contribution in [2.75, 3.05) is 33.3 Å². The van der Waals surface area contributed by atoms with Crippen LogP contribution >= 0.6 is 31.9 Å². The van der Waals surface area contributed by atoms with Crippen molar-refractivity contribution in [3.8, 4) is 11.5 Å². The number of halogens is 2. The Morgan fingerprint density at radius 1 is 1.22 bits per heavy atom. The van der Waals surface area contributed by atoms with Gasteiger partial charge in [-0.25, -0.2) is 0 Å². The van der Waals surface area contributed by atoms with Crippen molar-refractivity contribution in [3.63, 3.8) is 0 Å². The molecule has 1 fully saturated rings. The molecule has 1 N–H and O–H groups in total.